The molecule has 0 aliphatic heterocycles. The number of benzene rings is 1. The second-order valence-electron chi connectivity index (χ2n) is 5.33. The number of carbonyl (C=O) groups is 1. The van der Waals surface area contributed by atoms with Gasteiger partial charge in [0.15, 0.2) is 4.84 Å². The lowest BCUT2D eigenvalue weighted by Crippen LogP contribution is -2.43. The minimum absolute atomic E-state index is 0.475. The van der Waals surface area contributed by atoms with Crippen molar-refractivity contribution in [3.8, 4) is 11.1 Å². The van der Waals surface area contributed by atoms with Crippen molar-refractivity contribution in [1.29, 1.82) is 0 Å². The minimum atomic E-state index is -1.32. The summed E-state index contributed by atoms with van der Waals surface area (Å²) in [5.74, 6) is -0.748. The smallest absolute Gasteiger partial charge is 0.253 e. The predicted molar refractivity (Wildman–Crippen MR) is 92.8 cm³/mol. The Kier molecular flexibility index (Phi) is 6.54. The van der Waals surface area contributed by atoms with Crippen LogP contribution in [-0.4, -0.2) is 33.6 Å². The van der Waals surface area contributed by atoms with Gasteiger partial charge in [-0.05, 0) is 24.1 Å². The second kappa shape index (κ2) is 8.42. The molecular weight excluding hydrogens is 354 g/mol. The summed E-state index contributed by atoms with van der Waals surface area (Å²) in [6.07, 6.45) is 0.545. The Morgan fingerprint density at radius 3 is 2.33 bits per heavy atom. The minimum Gasteiger partial charge on any atom is -0.386 e. The Bertz CT molecular complexity index is 678. The maximum absolute atomic E-state index is 13.1. The summed E-state index contributed by atoms with van der Waals surface area (Å²) in [4.78, 5) is 14.4. The van der Waals surface area contributed by atoms with Crippen LogP contribution in [0.2, 0.25) is 0 Å². The summed E-state index contributed by atoms with van der Waals surface area (Å²) in [7, 11) is 0. The number of hydrogen-bond donors (Lipinski definition) is 2. The average Bonchev–Trinajstić information content (AvgIpc) is 2.59. The highest BCUT2D eigenvalue weighted by atomic mass is 35.5. The van der Waals surface area contributed by atoms with Crippen molar-refractivity contribution in [2.24, 2.45) is 0 Å². The summed E-state index contributed by atoms with van der Waals surface area (Å²) in [5, 5.41) is 12.5. The third kappa shape index (κ3) is 4.66. The molecule has 1 amide bonds. The first-order valence-electron chi connectivity index (χ1n) is 7.28. The number of aliphatic hydroxyl groups excluding tert-OH is 1. The molecule has 0 fully saturated rings. The molecule has 1 aromatic heterocycles. The van der Waals surface area contributed by atoms with Crippen molar-refractivity contribution in [3.63, 3.8) is 0 Å². The van der Waals surface area contributed by atoms with Crippen LogP contribution in [0, 0.1) is 6.92 Å². The third-order valence-corrected chi connectivity index (χ3v) is 3.97. The van der Waals surface area contributed by atoms with E-state index in [9.17, 15) is 14.3 Å². The average molecular weight is 371 g/mol. The van der Waals surface area contributed by atoms with E-state index in [1.54, 1.807) is 30.5 Å². The quantitative estimate of drug-likeness (QED) is 0.766. The standard InChI is InChI=1S/C17H17Cl2FN2O2/c1-10-2-3-13(9-21-10)11-4-6-12(7-5-11)15(23)14(8-20)22-17(24)16(18)19/h2-7,9,14-16,23H,8H2,1H3,(H,22,24)/t14-,15-/m1/s1. The van der Waals surface area contributed by atoms with Gasteiger partial charge in [-0.15, -0.1) is 0 Å². The number of hydrogen-bond acceptors (Lipinski definition) is 3. The number of nitrogens with one attached hydrogen (secondary N) is 1. The molecule has 7 heteroatoms. The molecule has 2 rings (SSSR count). The molecule has 0 unspecified atom stereocenters. The molecule has 0 saturated heterocycles. The van der Waals surface area contributed by atoms with E-state index >= 15 is 0 Å². The molecule has 0 bridgehead atoms. The fourth-order valence-electron chi connectivity index (χ4n) is 2.19. The van der Waals surface area contributed by atoms with E-state index < -0.39 is 29.6 Å². The SMILES string of the molecule is Cc1ccc(-c2ccc([C@@H](O)[C@@H](CF)NC(=O)C(Cl)Cl)cc2)cn1. The molecule has 1 aromatic carbocycles. The molecule has 0 aliphatic rings. The largest absolute Gasteiger partial charge is 0.386 e. The summed E-state index contributed by atoms with van der Waals surface area (Å²) in [6, 6.07) is 9.67. The number of amides is 1. The lowest BCUT2D eigenvalue weighted by Gasteiger charge is -2.22. The van der Waals surface area contributed by atoms with Crippen LogP contribution in [0.4, 0.5) is 4.39 Å². The monoisotopic (exact) mass is 370 g/mol. The Morgan fingerprint density at radius 2 is 1.83 bits per heavy atom. The molecule has 1 heterocycles. The number of rotatable bonds is 6. The third-order valence-electron chi connectivity index (χ3n) is 3.57. The van der Waals surface area contributed by atoms with Gasteiger partial charge in [0.05, 0.1) is 6.04 Å². The van der Waals surface area contributed by atoms with Gasteiger partial charge in [-0.3, -0.25) is 9.78 Å². The van der Waals surface area contributed by atoms with Crippen LogP contribution in [0.25, 0.3) is 11.1 Å². The van der Waals surface area contributed by atoms with Gasteiger partial charge in [0.25, 0.3) is 5.91 Å². The number of halogens is 3. The maximum atomic E-state index is 13.1. The van der Waals surface area contributed by atoms with Gasteiger partial charge < -0.3 is 10.4 Å². The highest BCUT2D eigenvalue weighted by molar-refractivity contribution is 6.53. The molecule has 2 N–H and O–H groups in total. The van der Waals surface area contributed by atoms with E-state index in [1.165, 1.54) is 0 Å². The highest BCUT2D eigenvalue weighted by Crippen LogP contribution is 2.23. The van der Waals surface area contributed by atoms with Crippen molar-refractivity contribution >= 4 is 29.1 Å². The van der Waals surface area contributed by atoms with Crippen LogP contribution < -0.4 is 5.32 Å². The summed E-state index contributed by atoms with van der Waals surface area (Å²) in [6.45, 7) is 0.956. The first-order chi connectivity index (χ1) is 11.4. The Labute approximate surface area is 149 Å². The van der Waals surface area contributed by atoms with Crippen LogP contribution in [0.15, 0.2) is 42.6 Å². The zero-order valence-electron chi connectivity index (χ0n) is 12.9. The van der Waals surface area contributed by atoms with Crippen molar-refractivity contribution in [2.45, 2.75) is 23.9 Å². The lowest BCUT2D eigenvalue weighted by molar-refractivity contribution is -0.121. The van der Waals surface area contributed by atoms with E-state index in [2.05, 4.69) is 10.3 Å². The molecule has 0 radical (unpaired) electrons. The van der Waals surface area contributed by atoms with E-state index in [-0.39, 0.29) is 0 Å². The van der Waals surface area contributed by atoms with Crippen molar-refractivity contribution in [1.82, 2.24) is 10.3 Å². The molecular formula is C17H17Cl2FN2O2. The Hall–Kier alpha value is -1.69. The summed E-state index contributed by atoms with van der Waals surface area (Å²) >= 11 is 10.8. The fraction of sp³-hybridized carbons (Fsp3) is 0.294. The van der Waals surface area contributed by atoms with Crippen LogP contribution in [-0.2, 0) is 4.79 Å². The molecule has 128 valence electrons. The van der Waals surface area contributed by atoms with Crippen LogP contribution in [0.5, 0.6) is 0 Å². The molecule has 4 nitrogen and oxygen atoms in total. The number of aromatic nitrogens is 1. The number of aryl methyl sites for hydroxylation is 1. The lowest BCUT2D eigenvalue weighted by atomic mass is 9.99. The van der Waals surface area contributed by atoms with Crippen LogP contribution in [0.1, 0.15) is 17.4 Å². The highest BCUT2D eigenvalue weighted by Gasteiger charge is 2.25. The van der Waals surface area contributed by atoms with E-state index in [4.69, 9.17) is 23.2 Å². The van der Waals surface area contributed by atoms with Gasteiger partial charge in [-0.1, -0.05) is 53.5 Å². The zero-order valence-corrected chi connectivity index (χ0v) is 14.4. The summed E-state index contributed by atoms with van der Waals surface area (Å²) < 4.78 is 13.1. The van der Waals surface area contributed by atoms with Gasteiger partial charge in [0.2, 0.25) is 0 Å². The zero-order chi connectivity index (χ0) is 17.7. The number of nitrogens with zero attached hydrogens (tertiary/aromatic N) is 1. The van der Waals surface area contributed by atoms with E-state index in [0.717, 1.165) is 16.8 Å². The van der Waals surface area contributed by atoms with Gasteiger partial charge >= 0.3 is 0 Å². The van der Waals surface area contributed by atoms with Gasteiger partial charge in [0.1, 0.15) is 12.8 Å². The van der Waals surface area contributed by atoms with Gasteiger partial charge in [0, 0.05) is 17.5 Å². The molecule has 0 saturated carbocycles. The predicted octanol–water partition coefficient (Wildman–Crippen LogP) is 3.35. The molecule has 2 aromatic rings. The fourth-order valence-corrected chi connectivity index (χ4v) is 2.32. The molecule has 24 heavy (non-hydrogen) atoms. The van der Waals surface area contributed by atoms with Crippen LogP contribution >= 0.6 is 23.2 Å². The molecule has 0 aliphatic carbocycles. The molecule has 0 spiro atoms. The number of pyridine rings is 1. The topological polar surface area (TPSA) is 62.2 Å². The van der Waals surface area contributed by atoms with Crippen LogP contribution in [0.3, 0.4) is 0 Å². The number of carbonyl (C=O) groups excluding carboxylic acids is 1. The van der Waals surface area contributed by atoms with Gasteiger partial charge in [-0.25, -0.2) is 4.39 Å². The number of aliphatic hydroxyl groups is 1. The first kappa shape index (κ1) is 18.6. The Morgan fingerprint density at radius 1 is 1.21 bits per heavy atom. The Balaban J connectivity index is 2.13. The van der Waals surface area contributed by atoms with Crippen molar-refractivity contribution < 1.29 is 14.3 Å². The van der Waals surface area contributed by atoms with E-state index in [0.29, 0.717) is 5.56 Å². The van der Waals surface area contributed by atoms with E-state index in [1.807, 2.05) is 19.1 Å². The summed E-state index contributed by atoms with van der Waals surface area (Å²) in [5.41, 5.74) is 3.25. The normalized spacial score (nSPS) is 13.6. The van der Waals surface area contributed by atoms with Crippen molar-refractivity contribution in [3.05, 3.63) is 53.9 Å². The molecule has 2 atom stereocenters. The van der Waals surface area contributed by atoms with Crippen molar-refractivity contribution in [2.75, 3.05) is 6.67 Å². The number of alkyl halides is 3. The second-order valence-corrected chi connectivity index (χ2v) is 6.42. The first-order valence-corrected chi connectivity index (χ1v) is 8.15. The maximum Gasteiger partial charge on any atom is 0.253 e. The van der Waals surface area contributed by atoms with Gasteiger partial charge in [-0.2, -0.15) is 0 Å².